The molecule has 2 aliphatic rings. The highest BCUT2D eigenvalue weighted by Gasteiger charge is 2.28. The van der Waals surface area contributed by atoms with Crippen molar-refractivity contribution in [1.29, 1.82) is 0 Å². The first-order valence-corrected chi connectivity index (χ1v) is 11.7. The second-order valence-electron chi connectivity index (χ2n) is 7.12. The van der Waals surface area contributed by atoms with Gasteiger partial charge >= 0.3 is 0 Å². The Bertz CT molecular complexity index is 670. The van der Waals surface area contributed by atoms with Gasteiger partial charge in [0.25, 0.3) is 10.0 Å². The van der Waals surface area contributed by atoms with Crippen molar-refractivity contribution in [3.05, 3.63) is 17.0 Å². The summed E-state index contributed by atoms with van der Waals surface area (Å²) >= 11 is 1.23. The number of sulfonamides is 1. The van der Waals surface area contributed by atoms with E-state index in [0.717, 1.165) is 30.6 Å². The number of hydrogen-bond acceptors (Lipinski definition) is 4. The molecule has 5 nitrogen and oxygen atoms in total. The molecule has 0 spiro atoms. The molecule has 1 saturated carbocycles. The second kappa shape index (κ2) is 8.64. The Labute approximate surface area is 154 Å². The van der Waals surface area contributed by atoms with Crippen LogP contribution in [0.25, 0.3) is 0 Å². The van der Waals surface area contributed by atoms with E-state index in [0.29, 0.717) is 17.3 Å². The minimum absolute atomic E-state index is 0.0116. The van der Waals surface area contributed by atoms with E-state index in [4.69, 9.17) is 0 Å². The van der Waals surface area contributed by atoms with Crippen LogP contribution in [0, 0.1) is 0 Å². The van der Waals surface area contributed by atoms with Crippen LogP contribution in [0.5, 0.6) is 0 Å². The molecule has 2 heterocycles. The number of rotatable bonds is 5. The third-order valence-corrected chi connectivity index (χ3v) is 8.55. The fraction of sp³-hybridized carbons (Fsp3) is 0.722. The maximum atomic E-state index is 12.6. The van der Waals surface area contributed by atoms with Gasteiger partial charge in [-0.25, -0.2) is 8.42 Å². The number of hydrogen-bond donors (Lipinski definition) is 1. The molecule has 1 aliphatic carbocycles. The summed E-state index contributed by atoms with van der Waals surface area (Å²) in [6.07, 6.45) is 10.5. The van der Waals surface area contributed by atoms with Crippen molar-refractivity contribution >= 4 is 27.3 Å². The summed E-state index contributed by atoms with van der Waals surface area (Å²) in [5.74, 6) is 0.0116. The van der Waals surface area contributed by atoms with Gasteiger partial charge in [0.05, 0.1) is 6.42 Å². The lowest BCUT2D eigenvalue weighted by Crippen LogP contribution is -2.36. The minimum Gasteiger partial charge on any atom is -0.353 e. The maximum Gasteiger partial charge on any atom is 0.252 e. The molecule has 0 unspecified atom stereocenters. The van der Waals surface area contributed by atoms with Crippen LogP contribution in [0.2, 0.25) is 0 Å². The van der Waals surface area contributed by atoms with Gasteiger partial charge in [-0.3, -0.25) is 4.79 Å². The van der Waals surface area contributed by atoms with Crippen LogP contribution in [-0.2, 0) is 21.2 Å². The lowest BCUT2D eigenvalue weighted by atomic mass is 9.96. The SMILES string of the molecule is O=C(Cc1ccc(S(=O)(=O)N2CCCC2)s1)NC1CCCCCCC1. The lowest BCUT2D eigenvalue weighted by Gasteiger charge is -2.20. The number of amides is 1. The molecule has 0 radical (unpaired) electrons. The molecular formula is C18H28N2O3S2. The van der Waals surface area contributed by atoms with Crippen molar-refractivity contribution < 1.29 is 13.2 Å². The van der Waals surface area contributed by atoms with Crippen LogP contribution < -0.4 is 5.32 Å². The zero-order valence-corrected chi connectivity index (χ0v) is 16.3. The highest BCUT2D eigenvalue weighted by atomic mass is 32.2. The van der Waals surface area contributed by atoms with Gasteiger partial charge in [0, 0.05) is 24.0 Å². The van der Waals surface area contributed by atoms with Crippen molar-refractivity contribution in [3.8, 4) is 0 Å². The van der Waals surface area contributed by atoms with Crippen molar-refractivity contribution in [2.24, 2.45) is 0 Å². The van der Waals surface area contributed by atoms with Gasteiger partial charge in [0.2, 0.25) is 5.91 Å². The molecule has 0 aromatic carbocycles. The Kier molecular flexibility index (Phi) is 6.52. The van der Waals surface area contributed by atoms with E-state index >= 15 is 0 Å². The van der Waals surface area contributed by atoms with E-state index in [-0.39, 0.29) is 18.4 Å². The van der Waals surface area contributed by atoms with E-state index in [1.807, 2.05) is 0 Å². The summed E-state index contributed by atoms with van der Waals surface area (Å²) in [5.41, 5.74) is 0. The fourth-order valence-electron chi connectivity index (χ4n) is 3.69. The third kappa shape index (κ3) is 5.05. The number of carbonyl (C=O) groups is 1. The van der Waals surface area contributed by atoms with E-state index in [1.54, 1.807) is 16.4 Å². The van der Waals surface area contributed by atoms with Crippen molar-refractivity contribution in [1.82, 2.24) is 9.62 Å². The molecule has 25 heavy (non-hydrogen) atoms. The highest BCUT2D eigenvalue weighted by molar-refractivity contribution is 7.91. The van der Waals surface area contributed by atoms with Crippen LogP contribution in [0.4, 0.5) is 0 Å². The predicted octanol–water partition coefficient (Wildman–Crippen LogP) is 3.30. The second-order valence-corrected chi connectivity index (χ2v) is 10.5. The van der Waals surface area contributed by atoms with E-state index in [2.05, 4.69) is 5.32 Å². The summed E-state index contributed by atoms with van der Waals surface area (Å²) in [5, 5.41) is 3.15. The fourth-order valence-corrected chi connectivity index (χ4v) is 6.71. The van der Waals surface area contributed by atoms with E-state index in [1.165, 1.54) is 43.4 Å². The molecular weight excluding hydrogens is 356 g/mol. The van der Waals surface area contributed by atoms with Gasteiger partial charge in [-0.05, 0) is 37.8 Å². The molecule has 1 aliphatic heterocycles. The number of nitrogens with zero attached hydrogens (tertiary/aromatic N) is 1. The summed E-state index contributed by atoms with van der Waals surface area (Å²) in [6.45, 7) is 1.22. The van der Waals surface area contributed by atoms with Crippen LogP contribution in [0.15, 0.2) is 16.3 Å². The first-order valence-electron chi connectivity index (χ1n) is 9.44. The monoisotopic (exact) mass is 384 g/mol. The topological polar surface area (TPSA) is 66.5 Å². The first kappa shape index (κ1) is 18.9. The van der Waals surface area contributed by atoms with Crippen LogP contribution in [0.3, 0.4) is 0 Å². The van der Waals surface area contributed by atoms with Gasteiger partial charge in [0.1, 0.15) is 4.21 Å². The lowest BCUT2D eigenvalue weighted by molar-refractivity contribution is -0.121. The normalized spacial score (nSPS) is 21.0. The smallest absolute Gasteiger partial charge is 0.252 e. The highest BCUT2D eigenvalue weighted by Crippen LogP contribution is 2.27. The van der Waals surface area contributed by atoms with Crippen molar-refractivity contribution in [2.45, 2.75) is 74.5 Å². The van der Waals surface area contributed by atoms with Crippen molar-refractivity contribution in [2.75, 3.05) is 13.1 Å². The molecule has 1 aromatic rings. The molecule has 1 N–H and O–H groups in total. The Morgan fingerprint density at radius 1 is 1.04 bits per heavy atom. The Morgan fingerprint density at radius 2 is 1.68 bits per heavy atom. The average Bonchev–Trinajstić information content (AvgIpc) is 3.21. The van der Waals surface area contributed by atoms with E-state index in [9.17, 15) is 13.2 Å². The van der Waals surface area contributed by atoms with Crippen LogP contribution >= 0.6 is 11.3 Å². The molecule has 7 heteroatoms. The van der Waals surface area contributed by atoms with Gasteiger partial charge in [-0.1, -0.05) is 32.1 Å². The quantitative estimate of drug-likeness (QED) is 0.847. The Hall–Kier alpha value is -0.920. The van der Waals surface area contributed by atoms with Crippen LogP contribution in [-0.4, -0.2) is 37.8 Å². The maximum absolute atomic E-state index is 12.6. The molecule has 140 valence electrons. The first-order chi connectivity index (χ1) is 12.1. The summed E-state index contributed by atoms with van der Waals surface area (Å²) in [4.78, 5) is 13.2. The standard InChI is InChI=1S/C18H28N2O3S2/c21-17(19-15-8-4-2-1-3-5-9-15)14-16-10-11-18(24-16)25(22,23)20-12-6-7-13-20/h10-11,15H,1-9,12-14H2,(H,19,21). The Balaban J connectivity index is 1.56. The summed E-state index contributed by atoms with van der Waals surface area (Å²) in [7, 11) is -3.37. The van der Waals surface area contributed by atoms with Crippen LogP contribution in [0.1, 0.15) is 62.7 Å². The largest absolute Gasteiger partial charge is 0.353 e. The molecule has 0 atom stereocenters. The zero-order valence-electron chi connectivity index (χ0n) is 14.7. The summed E-state index contributed by atoms with van der Waals surface area (Å²) in [6, 6.07) is 3.71. The van der Waals surface area contributed by atoms with E-state index < -0.39 is 10.0 Å². The van der Waals surface area contributed by atoms with Gasteiger partial charge in [0.15, 0.2) is 0 Å². The molecule has 2 fully saturated rings. The van der Waals surface area contributed by atoms with Crippen molar-refractivity contribution in [3.63, 3.8) is 0 Å². The van der Waals surface area contributed by atoms with Gasteiger partial charge in [-0.2, -0.15) is 4.31 Å². The van der Waals surface area contributed by atoms with Gasteiger partial charge in [-0.15, -0.1) is 11.3 Å². The molecule has 1 saturated heterocycles. The minimum atomic E-state index is -3.37. The zero-order chi connectivity index (χ0) is 17.7. The molecule has 3 rings (SSSR count). The van der Waals surface area contributed by atoms with Gasteiger partial charge < -0.3 is 5.32 Å². The molecule has 1 amide bonds. The third-order valence-electron chi connectivity index (χ3n) is 5.10. The Morgan fingerprint density at radius 3 is 2.36 bits per heavy atom. The number of thiophene rings is 1. The molecule has 1 aromatic heterocycles. The average molecular weight is 385 g/mol. The number of nitrogens with one attached hydrogen (secondary N) is 1. The number of carbonyl (C=O) groups excluding carboxylic acids is 1. The summed E-state index contributed by atoms with van der Waals surface area (Å²) < 4.78 is 27.0. The molecule has 0 bridgehead atoms. The predicted molar refractivity (Wildman–Crippen MR) is 100 cm³/mol.